The Hall–Kier alpha value is -1.36. The van der Waals surface area contributed by atoms with E-state index in [-0.39, 0.29) is 5.91 Å². The number of nitrogens with one attached hydrogen (secondary N) is 2. The van der Waals surface area contributed by atoms with Gasteiger partial charge in [-0.1, -0.05) is 13.3 Å². The van der Waals surface area contributed by atoms with Crippen LogP contribution in [0.25, 0.3) is 0 Å². The largest absolute Gasteiger partial charge is 0.349 e. The number of aromatic amines is 1. The molecule has 2 aliphatic rings. The van der Waals surface area contributed by atoms with Crippen molar-refractivity contribution in [2.45, 2.75) is 51.0 Å². The molecule has 5 heteroatoms. The molecule has 1 atom stereocenters. The quantitative estimate of drug-likeness (QED) is 0.863. The number of likely N-dealkylation sites (tertiary alicyclic amines) is 1. The first-order valence-electron chi connectivity index (χ1n) is 7.85. The lowest BCUT2D eigenvalue weighted by molar-refractivity contribution is 0.0913. The van der Waals surface area contributed by atoms with E-state index in [0.29, 0.717) is 17.7 Å². The van der Waals surface area contributed by atoms with Crippen LogP contribution in [0.1, 0.15) is 61.1 Å². The summed E-state index contributed by atoms with van der Waals surface area (Å²) in [4.78, 5) is 14.6. The Bertz CT molecular complexity index is 466. The van der Waals surface area contributed by atoms with Gasteiger partial charge in [-0.25, -0.2) is 0 Å². The second kappa shape index (κ2) is 5.95. The maximum absolute atomic E-state index is 12.1. The topological polar surface area (TPSA) is 61.0 Å². The van der Waals surface area contributed by atoms with Crippen molar-refractivity contribution in [1.82, 2.24) is 20.4 Å². The average molecular weight is 276 g/mol. The van der Waals surface area contributed by atoms with Gasteiger partial charge in [0, 0.05) is 24.2 Å². The van der Waals surface area contributed by atoms with Gasteiger partial charge in [0.2, 0.25) is 0 Å². The molecule has 2 fully saturated rings. The van der Waals surface area contributed by atoms with Crippen LogP contribution in [0.15, 0.2) is 6.07 Å². The molecule has 1 aromatic rings. The molecule has 0 bridgehead atoms. The van der Waals surface area contributed by atoms with Gasteiger partial charge in [0.05, 0.1) is 0 Å². The third kappa shape index (κ3) is 3.03. The summed E-state index contributed by atoms with van der Waals surface area (Å²) in [5.74, 6) is 0.563. The van der Waals surface area contributed by atoms with Crippen LogP contribution in [0.4, 0.5) is 0 Å². The van der Waals surface area contributed by atoms with E-state index in [9.17, 15) is 4.79 Å². The van der Waals surface area contributed by atoms with Gasteiger partial charge >= 0.3 is 0 Å². The minimum absolute atomic E-state index is 0.0465. The van der Waals surface area contributed by atoms with Gasteiger partial charge in [-0.3, -0.25) is 14.8 Å². The van der Waals surface area contributed by atoms with Gasteiger partial charge in [0.15, 0.2) is 0 Å². The fourth-order valence-corrected chi connectivity index (χ4v) is 3.06. The maximum atomic E-state index is 12.1. The Kier molecular flexibility index (Phi) is 4.05. The van der Waals surface area contributed by atoms with Crippen LogP contribution in [0.5, 0.6) is 0 Å². The van der Waals surface area contributed by atoms with E-state index in [1.165, 1.54) is 32.1 Å². The van der Waals surface area contributed by atoms with Crippen molar-refractivity contribution in [2.75, 3.05) is 19.6 Å². The highest BCUT2D eigenvalue weighted by Crippen LogP contribution is 2.38. The van der Waals surface area contributed by atoms with Crippen LogP contribution in [0, 0.1) is 0 Å². The molecule has 0 radical (unpaired) electrons. The van der Waals surface area contributed by atoms with Crippen LogP contribution in [-0.2, 0) is 0 Å². The summed E-state index contributed by atoms with van der Waals surface area (Å²) in [6, 6.07) is 2.39. The minimum atomic E-state index is -0.0465. The van der Waals surface area contributed by atoms with Crippen molar-refractivity contribution in [2.24, 2.45) is 0 Å². The summed E-state index contributed by atoms with van der Waals surface area (Å²) < 4.78 is 0. The monoisotopic (exact) mass is 276 g/mol. The third-order valence-electron chi connectivity index (χ3n) is 4.50. The van der Waals surface area contributed by atoms with Crippen LogP contribution >= 0.6 is 0 Å². The van der Waals surface area contributed by atoms with Gasteiger partial charge in [-0.15, -0.1) is 0 Å². The number of H-pyrrole nitrogens is 1. The molecule has 1 aromatic heterocycles. The summed E-state index contributed by atoms with van der Waals surface area (Å²) in [5.41, 5.74) is 1.65. The predicted molar refractivity (Wildman–Crippen MR) is 77.8 cm³/mol. The van der Waals surface area contributed by atoms with E-state index in [0.717, 1.165) is 25.3 Å². The van der Waals surface area contributed by atoms with Crippen LogP contribution in [-0.4, -0.2) is 46.7 Å². The summed E-state index contributed by atoms with van der Waals surface area (Å²) >= 11 is 0. The summed E-state index contributed by atoms with van der Waals surface area (Å²) in [7, 11) is 0. The number of nitrogens with zero attached hydrogens (tertiary/aromatic N) is 2. The number of hydrogen-bond donors (Lipinski definition) is 2. The van der Waals surface area contributed by atoms with Gasteiger partial charge < -0.3 is 5.32 Å². The Balaban J connectivity index is 1.52. The molecule has 1 amide bonds. The zero-order chi connectivity index (χ0) is 13.9. The molecule has 1 saturated heterocycles. The molecule has 1 unspecified atom stereocenters. The lowest BCUT2D eigenvalue weighted by atomic mass is 10.0. The molecule has 0 spiro atoms. The zero-order valence-electron chi connectivity index (χ0n) is 12.2. The highest BCUT2D eigenvalue weighted by Gasteiger charge is 2.27. The van der Waals surface area contributed by atoms with Crippen molar-refractivity contribution < 1.29 is 4.79 Å². The fraction of sp³-hybridized carbons (Fsp3) is 0.733. The molecule has 1 saturated carbocycles. The number of carbonyl (C=O) groups is 1. The smallest absolute Gasteiger partial charge is 0.271 e. The van der Waals surface area contributed by atoms with Crippen molar-refractivity contribution in [3.63, 3.8) is 0 Å². The highest BCUT2D eigenvalue weighted by atomic mass is 16.1. The lowest BCUT2D eigenvalue weighted by Gasteiger charge is -2.34. The SMILES string of the molecule is CCN1CCCCC1CNC(=O)c1cc(C2CC2)[nH]n1. The molecule has 2 N–H and O–H groups in total. The summed E-state index contributed by atoms with van der Waals surface area (Å²) in [6.07, 6.45) is 6.17. The Labute approximate surface area is 120 Å². The van der Waals surface area contributed by atoms with Crippen LogP contribution in [0.2, 0.25) is 0 Å². The van der Waals surface area contributed by atoms with Gasteiger partial charge in [0.25, 0.3) is 5.91 Å². The second-order valence-electron chi connectivity index (χ2n) is 5.97. The number of carbonyl (C=O) groups excluding carboxylic acids is 1. The standard InChI is InChI=1S/C15H24N4O/c1-2-19-8-4-3-5-12(19)10-16-15(20)14-9-13(17-18-14)11-6-7-11/h9,11-12H,2-8,10H2,1H3,(H,16,20)(H,17,18). The molecule has 3 rings (SSSR count). The second-order valence-corrected chi connectivity index (χ2v) is 5.97. The first-order valence-corrected chi connectivity index (χ1v) is 7.85. The predicted octanol–water partition coefficient (Wildman–Crippen LogP) is 1.89. The molecular weight excluding hydrogens is 252 g/mol. The lowest BCUT2D eigenvalue weighted by Crippen LogP contribution is -2.46. The Morgan fingerprint density at radius 2 is 2.30 bits per heavy atom. The number of rotatable bonds is 5. The van der Waals surface area contributed by atoms with E-state index in [1.807, 2.05) is 6.07 Å². The number of aromatic nitrogens is 2. The van der Waals surface area contributed by atoms with E-state index >= 15 is 0 Å². The number of hydrogen-bond acceptors (Lipinski definition) is 3. The first kappa shape index (κ1) is 13.6. The van der Waals surface area contributed by atoms with E-state index in [2.05, 4.69) is 27.3 Å². The highest BCUT2D eigenvalue weighted by molar-refractivity contribution is 5.92. The van der Waals surface area contributed by atoms with E-state index in [4.69, 9.17) is 0 Å². The fourth-order valence-electron chi connectivity index (χ4n) is 3.06. The molecule has 1 aliphatic carbocycles. The third-order valence-corrected chi connectivity index (χ3v) is 4.50. The van der Waals surface area contributed by atoms with Crippen molar-refractivity contribution >= 4 is 5.91 Å². The van der Waals surface area contributed by atoms with Gasteiger partial charge in [-0.2, -0.15) is 5.10 Å². The number of likely N-dealkylation sites (N-methyl/N-ethyl adjacent to an activating group) is 1. The van der Waals surface area contributed by atoms with Gasteiger partial charge in [-0.05, 0) is 44.8 Å². The normalized spacial score (nSPS) is 23.8. The Morgan fingerprint density at radius 1 is 1.45 bits per heavy atom. The summed E-state index contributed by atoms with van der Waals surface area (Å²) in [5, 5.41) is 10.2. The molecule has 1 aliphatic heterocycles. The van der Waals surface area contributed by atoms with E-state index < -0.39 is 0 Å². The first-order chi connectivity index (χ1) is 9.78. The molecule has 5 nitrogen and oxygen atoms in total. The Morgan fingerprint density at radius 3 is 3.05 bits per heavy atom. The minimum Gasteiger partial charge on any atom is -0.349 e. The molecule has 110 valence electrons. The van der Waals surface area contributed by atoms with Crippen molar-refractivity contribution in [3.8, 4) is 0 Å². The van der Waals surface area contributed by atoms with E-state index in [1.54, 1.807) is 0 Å². The molecule has 0 aromatic carbocycles. The average Bonchev–Trinajstić information content (AvgIpc) is 3.22. The summed E-state index contributed by atoms with van der Waals surface area (Å²) in [6.45, 7) is 5.15. The van der Waals surface area contributed by atoms with Crippen LogP contribution < -0.4 is 5.32 Å². The zero-order valence-corrected chi connectivity index (χ0v) is 12.2. The molecule has 20 heavy (non-hydrogen) atoms. The van der Waals surface area contributed by atoms with Crippen LogP contribution in [0.3, 0.4) is 0 Å². The molecule has 2 heterocycles. The number of piperidine rings is 1. The van der Waals surface area contributed by atoms with Gasteiger partial charge in [0.1, 0.15) is 5.69 Å². The maximum Gasteiger partial charge on any atom is 0.271 e. The number of amides is 1. The molecular formula is C15H24N4O. The van der Waals surface area contributed by atoms with Crippen molar-refractivity contribution in [3.05, 3.63) is 17.5 Å². The van der Waals surface area contributed by atoms with Crippen molar-refractivity contribution in [1.29, 1.82) is 0 Å².